The molecule has 8 aliphatic rings. The van der Waals surface area contributed by atoms with E-state index in [4.69, 9.17) is 0 Å². The molecule has 4 saturated heterocycles. The van der Waals surface area contributed by atoms with E-state index in [1.807, 2.05) is 0 Å². The van der Waals surface area contributed by atoms with Crippen LogP contribution in [0.1, 0.15) is 59.1 Å². The topological polar surface area (TPSA) is 61.1 Å². The molecule has 266 valence electrons. The van der Waals surface area contributed by atoms with Gasteiger partial charge in [-0.25, -0.2) is 0 Å². The zero-order valence-electron chi connectivity index (χ0n) is 30.8. The molecule has 8 nitrogen and oxygen atoms in total. The smallest absolute Gasteiger partial charge is 0.0933 e. The normalized spacial score (nSPS) is 38.0. The minimum absolute atomic E-state index is 0.100. The van der Waals surface area contributed by atoms with Crippen molar-refractivity contribution in [2.24, 2.45) is 0 Å². The molecule has 8 heteroatoms. The van der Waals surface area contributed by atoms with Gasteiger partial charge >= 0.3 is 0 Å². The number of benzene rings is 4. The maximum Gasteiger partial charge on any atom is 0.0933 e. The van der Waals surface area contributed by atoms with Crippen molar-refractivity contribution in [1.82, 2.24) is 19.6 Å². The fraction of sp³-hybridized carbons (Fsp3) is 0.455. The molecule has 0 aliphatic carbocycles. The van der Waals surface area contributed by atoms with E-state index < -0.39 is 0 Å². The predicted molar refractivity (Wildman–Crippen MR) is 209 cm³/mol. The number of fused-ring (bicyclic) bond motifs is 8. The van der Waals surface area contributed by atoms with Gasteiger partial charge in [0.1, 0.15) is 0 Å². The molecule has 4 bridgehead atoms. The Kier molecular flexibility index (Phi) is 5.79. The zero-order chi connectivity index (χ0) is 34.8. The van der Waals surface area contributed by atoms with Crippen molar-refractivity contribution >= 4 is 22.7 Å². The minimum Gasteiger partial charge on any atom is -0.368 e. The Bertz CT molecular complexity index is 2030. The van der Waals surface area contributed by atoms with Crippen LogP contribution in [-0.4, -0.2) is 98.6 Å². The van der Waals surface area contributed by atoms with E-state index in [9.17, 15) is 0 Å². The highest BCUT2D eigenvalue weighted by molar-refractivity contribution is 5.81. The molecule has 0 unspecified atom stereocenters. The van der Waals surface area contributed by atoms with Crippen LogP contribution in [0.3, 0.4) is 0 Å². The monoisotopic (exact) mass is 690 g/mol. The van der Waals surface area contributed by atoms with Crippen LogP contribution < -0.4 is 21.3 Å². The van der Waals surface area contributed by atoms with Gasteiger partial charge in [0.05, 0.1) is 35.5 Å². The van der Waals surface area contributed by atoms with Gasteiger partial charge in [0, 0.05) is 59.8 Å². The molecule has 52 heavy (non-hydrogen) atoms. The van der Waals surface area contributed by atoms with Crippen LogP contribution >= 0.6 is 0 Å². The summed E-state index contributed by atoms with van der Waals surface area (Å²) in [7, 11) is 9.37. The third-order valence-corrected chi connectivity index (χ3v) is 15.9. The fourth-order valence-electron chi connectivity index (χ4n) is 13.8. The highest BCUT2D eigenvalue weighted by atomic mass is 15.4. The zero-order valence-corrected chi connectivity index (χ0v) is 30.8. The van der Waals surface area contributed by atoms with Crippen LogP contribution in [0.25, 0.3) is 0 Å². The molecule has 8 heterocycles. The highest BCUT2D eigenvalue weighted by Gasteiger charge is 2.72. The van der Waals surface area contributed by atoms with Crippen molar-refractivity contribution < 1.29 is 0 Å². The van der Waals surface area contributed by atoms with E-state index in [1.54, 1.807) is 0 Å². The number of nitrogens with one attached hydrogen (secondary N) is 4. The summed E-state index contributed by atoms with van der Waals surface area (Å²) in [6, 6.07) is 33.0. The molecular weight excluding hydrogens is 641 g/mol. The first-order valence-electron chi connectivity index (χ1n) is 19.7. The molecule has 4 aromatic rings. The van der Waals surface area contributed by atoms with Crippen molar-refractivity contribution in [3.8, 4) is 0 Å². The Morgan fingerprint density at radius 2 is 0.769 bits per heavy atom. The second-order valence-corrected chi connectivity index (χ2v) is 17.5. The van der Waals surface area contributed by atoms with Gasteiger partial charge in [-0.05, 0) is 99.4 Å². The van der Waals surface area contributed by atoms with Gasteiger partial charge in [0.25, 0.3) is 0 Å². The number of likely N-dealkylation sites (N-methyl/N-ethyl adjacent to an activating group) is 4. The number of para-hydroxylation sites is 4. The van der Waals surface area contributed by atoms with E-state index >= 15 is 0 Å². The first-order valence-corrected chi connectivity index (χ1v) is 19.7. The van der Waals surface area contributed by atoms with Gasteiger partial charge in [0.2, 0.25) is 0 Å². The lowest BCUT2D eigenvalue weighted by atomic mass is 9.44. The number of nitrogens with zero attached hydrogens (tertiary/aromatic N) is 4. The second kappa shape index (κ2) is 9.91. The van der Waals surface area contributed by atoms with Crippen LogP contribution in [0, 0.1) is 0 Å². The Hall–Kier alpha value is -4.08. The number of likely N-dealkylation sites (tertiary alicyclic amines) is 4. The van der Waals surface area contributed by atoms with E-state index in [0.717, 1.165) is 51.9 Å². The standard InChI is InChI=1S/C44H50N8/c1-49-23-19-41(27-11-5-7-17-33(27)45-37(41)49)29-13-9-15-31-35(29)47-39-44-22-26-52(4)40(43(31,44)21-25-51(39)3)48-36-30(14-10-16-32(36)44)42-20-24-50(2)38(42)46-34-18-8-6-12-28(34)42/h5-18,37-40,45-48H,19-26H2,1-4H3/t37-,38-,39-,40+,41-,42-,43-,44+/m1/s1. The molecule has 0 saturated carbocycles. The van der Waals surface area contributed by atoms with E-state index in [-0.39, 0.29) is 46.3 Å². The molecule has 4 aromatic carbocycles. The third-order valence-electron chi connectivity index (χ3n) is 15.9. The molecule has 4 N–H and O–H groups in total. The molecular formula is C44H50N8. The van der Waals surface area contributed by atoms with Crippen molar-refractivity contribution in [2.45, 2.75) is 72.0 Å². The average Bonchev–Trinajstić information content (AvgIpc) is 3.89. The third kappa shape index (κ3) is 3.17. The molecule has 0 amide bonds. The lowest BCUT2D eigenvalue weighted by molar-refractivity contribution is -0.0694. The van der Waals surface area contributed by atoms with Crippen molar-refractivity contribution in [3.05, 3.63) is 118 Å². The van der Waals surface area contributed by atoms with Crippen molar-refractivity contribution in [3.63, 3.8) is 0 Å². The number of hydrogen-bond donors (Lipinski definition) is 4. The molecule has 0 spiro atoms. The SMILES string of the molecule is CN1CC[C@]2(c3cccc4c3N[C@H]3N(C)CC[C@@]45[C@@H]4Nc6c([C@]78CCN(C)[C@H]7Nc7ccccc78)cccc6[C@]35CCN4C)c3ccccc3N[C@H]12. The summed E-state index contributed by atoms with van der Waals surface area (Å²) in [5, 5.41) is 16.9. The summed E-state index contributed by atoms with van der Waals surface area (Å²) in [5.74, 6) is 0. The number of hydrogen-bond acceptors (Lipinski definition) is 8. The lowest BCUT2D eigenvalue weighted by Crippen LogP contribution is -2.80. The van der Waals surface area contributed by atoms with Gasteiger partial charge < -0.3 is 21.3 Å². The molecule has 8 atom stereocenters. The summed E-state index contributed by atoms with van der Waals surface area (Å²) in [5.41, 5.74) is 13.8. The van der Waals surface area contributed by atoms with Crippen LogP contribution in [0.4, 0.5) is 22.7 Å². The largest absolute Gasteiger partial charge is 0.368 e. The lowest BCUT2D eigenvalue weighted by Gasteiger charge is -2.72. The Morgan fingerprint density at radius 3 is 1.23 bits per heavy atom. The van der Waals surface area contributed by atoms with Gasteiger partial charge in [-0.2, -0.15) is 0 Å². The van der Waals surface area contributed by atoms with Crippen LogP contribution in [0.5, 0.6) is 0 Å². The van der Waals surface area contributed by atoms with Crippen LogP contribution in [0.15, 0.2) is 84.9 Å². The molecule has 12 rings (SSSR count). The summed E-state index contributed by atoms with van der Waals surface area (Å²) in [6.07, 6.45) is 5.28. The van der Waals surface area contributed by atoms with Crippen molar-refractivity contribution in [1.29, 1.82) is 0 Å². The second-order valence-electron chi connectivity index (χ2n) is 17.5. The summed E-state index contributed by atoms with van der Waals surface area (Å²) in [6.45, 7) is 4.29. The quantitative estimate of drug-likeness (QED) is 0.211. The molecule has 0 radical (unpaired) electrons. The Morgan fingerprint density at radius 1 is 0.404 bits per heavy atom. The predicted octanol–water partition coefficient (Wildman–Crippen LogP) is 5.78. The average molecular weight is 691 g/mol. The van der Waals surface area contributed by atoms with E-state index in [1.165, 1.54) is 56.1 Å². The molecule has 8 aliphatic heterocycles. The maximum atomic E-state index is 4.44. The number of anilines is 4. The van der Waals surface area contributed by atoms with E-state index in [2.05, 4.69) is 154 Å². The van der Waals surface area contributed by atoms with Gasteiger partial charge in [-0.15, -0.1) is 0 Å². The first-order chi connectivity index (χ1) is 25.4. The van der Waals surface area contributed by atoms with Gasteiger partial charge in [0.15, 0.2) is 0 Å². The summed E-state index contributed by atoms with van der Waals surface area (Å²) in [4.78, 5) is 10.4. The van der Waals surface area contributed by atoms with Gasteiger partial charge in [-0.1, -0.05) is 72.8 Å². The van der Waals surface area contributed by atoms with Crippen molar-refractivity contribution in [2.75, 3.05) is 75.6 Å². The first kappa shape index (κ1) is 30.4. The molecule has 0 aromatic heterocycles. The number of piperidine rings is 2. The Labute approximate surface area is 307 Å². The molecule has 4 fully saturated rings. The fourth-order valence-corrected chi connectivity index (χ4v) is 13.8. The van der Waals surface area contributed by atoms with E-state index in [0.29, 0.717) is 0 Å². The van der Waals surface area contributed by atoms with Crippen LogP contribution in [-0.2, 0) is 21.7 Å². The number of rotatable bonds is 2. The minimum atomic E-state index is -0.114. The Balaban J connectivity index is 1.12. The van der Waals surface area contributed by atoms with Gasteiger partial charge in [-0.3, -0.25) is 19.6 Å². The summed E-state index contributed by atoms with van der Waals surface area (Å²) < 4.78 is 0. The van der Waals surface area contributed by atoms with Crippen LogP contribution in [0.2, 0.25) is 0 Å². The maximum absolute atomic E-state index is 4.44. The highest BCUT2D eigenvalue weighted by Crippen LogP contribution is 2.69. The summed E-state index contributed by atoms with van der Waals surface area (Å²) >= 11 is 0.